The predicted octanol–water partition coefficient (Wildman–Crippen LogP) is 4.28. The van der Waals surface area contributed by atoms with Crippen molar-refractivity contribution >= 4 is 0 Å². The Kier molecular flexibility index (Phi) is 6.99. The maximum atomic E-state index is 2.17. The molecule has 0 saturated heterocycles. The van der Waals surface area contributed by atoms with Crippen LogP contribution >= 0.6 is 0 Å². The van der Waals surface area contributed by atoms with E-state index >= 15 is 0 Å². The summed E-state index contributed by atoms with van der Waals surface area (Å²) in [6.07, 6.45) is 14.5. The van der Waals surface area contributed by atoms with E-state index in [-0.39, 0.29) is 0 Å². The van der Waals surface area contributed by atoms with Crippen LogP contribution in [0.2, 0.25) is 0 Å². The Morgan fingerprint density at radius 3 is 1.92 bits per heavy atom. The number of allylic oxidation sites excluding steroid dienone is 8. The van der Waals surface area contributed by atoms with Crippen molar-refractivity contribution in [2.45, 2.75) is 27.7 Å². The van der Waals surface area contributed by atoms with Crippen molar-refractivity contribution < 1.29 is 0 Å². The van der Waals surface area contributed by atoms with Crippen molar-refractivity contribution in [1.29, 1.82) is 0 Å². The summed E-state index contributed by atoms with van der Waals surface area (Å²) < 4.78 is 0. The highest BCUT2D eigenvalue weighted by atomic mass is 13.8. The molecule has 13 heavy (non-hydrogen) atoms. The average Bonchev–Trinajstić information content (AvgIpc) is 2.01. The molecule has 0 atom stereocenters. The number of rotatable bonds is 4. The zero-order chi connectivity index (χ0) is 10.1. The largest absolute Gasteiger partial charge is 0.0820 e. The van der Waals surface area contributed by atoms with Crippen molar-refractivity contribution in [1.82, 2.24) is 0 Å². The molecule has 0 heteroatoms. The Hall–Kier alpha value is -1.04. The lowest BCUT2D eigenvalue weighted by atomic mass is 10.2. The summed E-state index contributed by atoms with van der Waals surface area (Å²) >= 11 is 0. The van der Waals surface area contributed by atoms with Crippen LogP contribution in [0.3, 0.4) is 0 Å². The zero-order valence-corrected chi connectivity index (χ0v) is 9.12. The van der Waals surface area contributed by atoms with Crippen LogP contribution in [-0.2, 0) is 0 Å². The molecule has 0 aromatic heterocycles. The van der Waals surface area contributed by atoms with E-state index in [1.165, 1.54) is 5.57 Å². The van der Waals surface area contributed by atoms with E-state index in [1.807, 2.05) is 12.2 Å². The molecule has 0 aliphatic rings. The molecule has 0 amide bonds. The lowest BCUT2D eigenvalue weighted by Gasteiger charge is -1.88. The molecule has 0 spiro atoms. The van der Waals surface area contributed by atoms with Crippen molar-refractivity contribution in [3.05, 3.63) is 48.1 Å². The van der Waals surface area contributed by atoms with E-state index in [4.69, 9.17) is 0 Å². The Bertz CT molecular complexity index is 220. The van der Waals surface area contributed by atoms with E-state index in [1.54, 1.807) is 0 Å². The summed E-state index contributed by atoms with van der Waals surface area (Å²) in [6.45, 7) is 8.52. The Balaban J connectivity index is 3.76. The predicted molar refractivity (Wildman–Crippen MR) is 61.7 cm³/mol. The second kappa shape index (κ2) is 7.60. The smallest absolute Gasteiger partial charge is 0.0287 e. The Labute approximate surface area is 82.4 Å². The first-order valence-corrected chi connectivity index (χ1v) is 4.78. The lowest BCUT2D eigenvalue weighted by Crippen LogP contribution is -1.74. The SMILES string of the molecule is CC(C)=C/C=C/C=C/C=C/C(C)C. The quantitative estimate of drug-likeness (QED) is 0.561. The Morgan fingerprint density at radius 2 is 1.38 bits per heavy atom. The average molecular weight is 176 g/mol. The van der Waals surface area contributed by atoms with Gasteiger partial charge in [0.15, 0.2) is 0 Å². The van der Waals surface area contributed by atoms with Crippen molar-refractivity contribution in [2.24, 2.45) is 5.92 Å². The molecule has 0 unspecified atom stereocenters. The highest BCUT2D eigenvalue weighted by Gasteiger charge is 1.78. The molecule has 0 saturated carbocycles. The van der Waals surface area contributed by atoms with Crippen LogP contribution < -0.4 is 0 Å². The maximum Gasteiger partial charge on any atom is -0.0287 e. The molecule has 0 radical (unpaired) electrons. The second-order valence-electron chi connectivity index (χ2n) is 3.64. The molecule has 0 fully saturated rings. The fraction of sp³-hybridized carbons (Fsp3) is 0.385. The van der Waals surface area contributed by atoms with Gasteiger partial charge in [-0.3, -0.25) is 0 Å². The maximum absolute atomic E-state index is 2.17. The van der Waals surface area contributed by atoms with Gasteiger partial charge >= 0.3 is 0 Å². The third kappa shape index (κ3) is 11.0. The van der Waals surface area contributed by atoms with Crippen LogP contribution in [0.15, 0.2) is 48.1 Å². The van der Waals surface area contributed by atoms with E-state index in [2.05, 4.69) is 58.1 Å². The summed E-state index contributed by atoms with van der Waals surface area (Å²) in [5, 5.41) is 0. The molecule has 0 N–H and O–H groups in total. The van der Waals surface area contributed by atoms with Gasteiger partial charge in [-0.2, -0.15) is 0 Å². The fourth-order valence-corrected chi connectivity index (χ4v) is 0.727. The summed E-state index contributed by atoms with van der Waals surface area (Å²) in [6, 6.07) is 0. The summed E-state index contributed by atoms with van der Waals surface area (Å²) in [5.41, 5.74) is 1.32. The second-order valence-corrected chi connectivity index (χ2v) is 3.64. The fourth-order valence-electron chi connectivity index (χ4n) is 0.727. The minimum Gasteiger partial charge on any atom is -0.0820 e. The first kappa shape index (κ1) is 12.0. The number of hydrogen-bond acceptors (Lipinski definition) is 0. The topological polar surface area (TPSA) is 0 Å². The van der Waals surface area contributed by atoms with Crippen LogP contribution in [-0.4, -0.2) is 0 Å². The van der Waals surface area contributed by atoms with Gasteiger partial charge in [-0.25, -0.2) is 0 Å². The molecule has 0 aromatic carbocycles. The van der Waals surface area contributed by atoms with Crippen LogP contribution in [0.4, 0.5) is 0 Å². The van der Waals surface area contributed by atoms with E-state index < -0.39 is 0 Å². The molecule has 0 rings (SSSR count). The molecule has 0 aromatic rings. The van der Waals surface area contributed by atoms with Gasteiger partial charge in [0.05, 0.1) is 0 Å². The van der Waals surface area contributed by atoms with Gasteiger partial charge in [-0.05, 0) is 19.8 Å². The molecule has 0 heterocycles. The van der Waals surface area contributed by atoms with Crippen LogP contribution in [0, 0.1) is 5.92 Å². The summed E-state index contributed by atoms with van der Waals surface area (Å²) in [5.74, 6) is 0.631. The lowest BCUT2D eigenvalue weighted by molar-refractivity contribution is 0.832. The van der Waals surface area contributed by atoms with Gasteiger partial charge in [0.25, 0.3) is 0 Å². The van der Waals surface area contributed by atoms with Gasteiger partial charge in [0.2, 0.25) is 0 Å². The van der Waals surface area contributed by atoms with E-state index in [0.29, 0.717) is 5.92 Å². The van der Waals surface area contributed by atoms with Gasteiger partial charge in [-0.1, -0.05) is 62.0 Å². The number of hydrogen-bond donors (Lipinski definition) is 0. The molecule has 0 bridgehead atoms. The van der Waals surface area contributed by atoms with Crippen LogP contribution in [0.25, 0.3) is 0 Å². The highest BCUT2D eigenvalue weighted by molar-refractivity contribution is 5.17. The van der Waals surface area contributed by atoms with Gasteiger partial charge in [-0.15, -0.1) is 0 Å². The first-order chi connectivity index (χ1) is 6.13. The monoisotopic (exact) mass is 176 g/mol. The van der Waals surface area contributed by atoms with Crippen LogP contribution in [0.1, 0.15) is 27.7 Å². The third-order valence-electron chi connectivity index (χ3n) is 1.37. The van der Waals surface area contributed by atoms with Crippen LogP contribution in [0.5, 0.6) is 0 Å². The molecule has 0 aliphatic carbocycles. The molecule has 72 valence electrons. The normalized spacial score (nSPS) is 12.4. The standard InChI is InChI=1S/C13H20/c1-12(2)10-8-6-5-7-9-11-13(3)4/h5-12H,1-4H3/b6-5+,9-7+,10-8+. The van der Waals surface area contributed by atoms with Gasteiger partial charge in [0, 0.05) is 0 Å². The minimum atomic E-state index is 0.631. The summed E-state index contributed by atoms with van der Waals surface area (Å²) in [7, 11) is 0. The van der Waals surface area contributed by atoms with Crippen molar-refractivity contribution in [3.8, 4) is 0 Å². The zero-order valence-electron chi connectivity index (χ0n) is 9.12. The van der Waals surface area contributed by atoms with Crippen molar-refractivity contribution in [2.75, 3.05) is 0 Å². The molecule has 0 aliphatic heterocycles. The summed E-state index contributed by atoms with van der Waals surface area (Å²) in [4.78, 5) is 0. The van der Waals surface area contributed by atoms with E-state index in [0.717, 1.165) is 0 Å². The molecule has 0 nitrogen and oxygen atoms in total. The minimum absolute atomic E-state index is 0.631. The highest BCUT2D eigenvalue weighted by Crippen LogP contribution is 1.93. The Morgan fingerprint density at radius 1 is 0.846 bits per heavy atom. The van der Waals surface area contributed by atoms with Gasteiger partial charge in [0.1, 0.15) is 0 Å². The first-order valence-electron chi connectivity index (χ1n) is 4.78. The van der Waals surface area contributed by atoms with E-state index in [9.17, 15) is 0 Å². The molecular formula is C13H20. The third-order valence-corrected chi connectivity index (χ3v) is 1.37. The van der Waals surface area contributed by atoms with Gasteiger partial charge < -0.3 is 0 Å². The van der Waals surface area contributed by atoms with Crippen molar-refractivity contribution in [3.63, 3.8) is 0 Å². The molecular weight excluding hydrogens is 156 g/mol.